The predicted octanol–water partition coefficient (Wildman–Crippen LogP) is 5.05. The molecule has 0 saturated carbocycles. The number of thiocarbonyl (C=S) groups is 1. The molecule has 1 aliphatic rings. The minimum absolute atomic E-state index is 0.0605. The summed E-state index contributed by atoms with van der Waals surface area (Å²) in [6.07, 6.45) is 7.58. The van der Waals surface area contributed by atoms with Crippen LogP contribution in [-0.2, 0) is 6.54 Å². The molecule has 33 heavy (non-hydrogen) atoms. The fourth-order valence-electron chi connectivity index (χ4n) is 4.36. The fraction of sp³-hybridized carbons (Fsp3) is 0.120. The van der Waals surface area contributed by atoms with Crippen LogP contribution in [0.15, 0.2) is 91.5 Å². The van der Waals surface area contributed by atoms with Gasteiger partial charge in [0.05, 0.1) is 33.7 Å². The molecular weight excluding hydrogens is 448 g/mol. The molecule has 1 aliphatic heterocycles. The smallest absolute Gasteiger partial charge is 0.194 e. The molecule has 1 fully saturated rings. The minimum Gasteiger partial charge on any atom is -0.352 e. The summed E-state index contributed by atoms with van der Waals surface area (Å²) in [4.78, 5) is 16.1. The number of hydrogen-bond acceptors (Lipinski definition) is 5. The highest BCUT2D eigenvalue weighted by Crippen LogP contribution is 2.41. The number of hydrogen-bond donors (Lipinski definition) is 1. The van der Waals surface area contributed by atoms with Gasteiger partial charge in [-0.3, -0.25) is 14.5 Å². The molecule has 5 aromatic rings. The van der Waals surface area contributed by atoms with Crippen molar-refractivity contribution in [2.24, 2.45) is 0 Å². The van der Waals surface area contributed by atoms with Crippen LogP contribution in [0.5, 0.6) is 0 Å². The molecular formula is C25H20N6S2. The number of benzene rings is 1. The third-order valence-corrected chi connectivity index (χ3v) is 7.23. The van der Waals surface area contributed by atoms with Crippen molar-refractivity contribution in [3.8, 4) is 5.13 Å². The molecule has 8 heteroatoms. The molecule has 162 valence electrons. The highest BCUT2D eigenvalue weighted by molar-refractivity contribution is 7.80. The first kappa shape index (κ1) is 20.0. The second-order valence-electron chi connectivity index (χ2n) is 7.88. The molecule has 4 aromatic heterocycles. The average Bonchev–Trinajstić information content (AvgIpc) is 3.57. The Kier molecular flexibility index (Phi) is 5.09. The van der Waals surface area contributed by atoms with Crippen LogP contribution in [0.3, 0.4) is 0 Å². The maximum Gasteiger partial charge on any atom is 0.194 e. The summed E-state index contributed by atoms with van der Waals surface area (Å²) in [6, 6.07) is 22.3. The highest BCUT2D eigenvalue weighted by atomic mass is 32.1. The summed E-state index contributed by atoms with van der Waals surface area (Å²) >= 11 is 7.51. The Morgan fingerprint density at radius 1 is 0.970 bits per heavy atom. The van der Waals surface area contributed by atoms with Gasteiger partial charge in [-0.2, -0.15) is 0 Å². The Labute approximate surface area is 200 Å². The van der Waals surface area contributed by atoms with E-state index in [-0.39, 0.29) is 12.1 Å². The molecule has 5 heterocycles. The lowest BCUT2D eigenvalue weighted by Gasteiger charge is -2.28. The quantitative estimate of drug-likeness (QED) is 0.364. The maximum atomic E-state index is 5.82. The Morgan fingerprint density at radius 2 is 1.88 bits per heavy atom. The summed E-state index contributed by atoms with van der Waals surface area (Å²) in [6.45, 7) is 0.651. The van der Waals surface area contributed by atoms with E-state index in [4.69, 9.17) is 17.2 Å². The van der Waals surface area contributed by atoms with Crippen LogP contribution >= 0.6 is 23.6 Å². The molecule has 0 spiro atoms. The maximum absolute atomic E-state index is 5.82. The number of para-hydroxylation sites is 1. The van der Waals surface area contributed by atoms with Crippen molar-refractivity contribution in [1.82, 2.24) is 29.7 Å². The molecule has 0 radical (unpaired) electrons. The Hall–Kier alpha value is -3.62. The van der Waals surface area contributed by atoms with E-state index in [0.717, 1.165) is 27.6 Å². The first-order valence-corrected chi connectivity index (χ1v) is 11.9. The molecule has 6 rings (SSSR count). The Morgan fingerprint density at radius 3 is 2.70 bits per heavy atom. The van der Waals surface area contributed by atoms with E-state index in [0.29, 0.717) is 11.7 Å². The zero-order valence-electron chi connectivity index (χ0n) is 17.6. The standard InChI is InChI=1S/C25H20N6S2/c32-24-29-22(19-9-3-4-13-27-19)23(31(24)16-17-7-5-12-26-15-17)20-10-6-14-30(20)25-28-18-8-1-2-11-21(18)33-25/h1-15,22-23H,16H2,(H,29,32)/t22-,23+/m1/s1. The predicted molar refractivity (Wildman–Crippen MR) is 134 cm³/mol. The van der Waals surface area contributed by atoms with Crippen LogP contribution in [0.25, 0.3) is 15.3 Å². The summed E-state index contributed by atoms with van der Waals surface area (Å²) < 4.78 is 3.35. The lowest BCUT2D eigenvalue weighted by Crippen LogP contribution is -2.30. The fourth-order valence-corrected chi connectivity index (χ4v) is 5.63. The van der Waals surface area contributed by atoms with Crippen molar-refractivity contribution < 1.29 is 0 Å². The first-order valence-electron chi connectivity index (χ1n) is 10.7. The van der Waals surface area contributed by atoms with E-state index in [1.54, 1.807) is 17.5 Å². The van der Waals surface area contributed by atoms with Crippen LogP contribution in [0, 0.1) is 0 Å². The Bertz CT molecular complexity index is 1380. The Balaban J connectivity index is 1.46. The molecule has 0 bridgehead atoms. The van der Waals surface area contributed by atoms with Crippen LogP contribution in [0.1, 0.15) is 29.0 Å². The van der Waals surface area contributed by atoms with Gasteiger partial charge in [0.25, 0.3) is 0 Å². The zero-order chi connectivity index (χ0) is 22.2. The van der Waals surface area contributed by atoms with E-state index >= 15 is 0 Å². The number of aromatic nitrogens is 4. The first-order chi connectivity index (χ1) is 16.3. The third kappa shape index (κ3) is 3.67. The van der Waals surface area contributed by atoms with E-state index in [1.807, 2.05) is 48.8 Å². The van der Waals surface area contributed by atoms with Crippen molar-refractivity contribution in [2.75, 3.05) is 0 Å². The van der Waals surface area contributed by atoms with Gasteiger partial charge in [0, 0.05) is 31.3 Å². The van der Waals surface area contributed by atoms with Crippen molar-refractivity contribution in [2.45, 2.75) is 18.6 Å². The van der Waals surface area contributed by atoms with Crippen molar-refractivity contribution in [3.63, 3.8) is 0 Å². The molecule has 2 atom stereocenters. The SMILES string of the molecule is S=C1N[C@H](c2ccccn2)[C@H](c2cccn2-c2nc3ccccc3s2)N1Cc1cccnc1. The van der Waals surface area contributed by atoms with Gasteiger partial charge >= 0.3 is 0 Å². The third-order valence-electron chi connectivity index (χ3n) is 5.85. The summed E-state index contributed by atoms with van der Waals surface area (Å²) in [5, 5.41) is 5.17. The molecule has 6 nitrogen and oxygen atoms in total. The summed E-state index contributed by atoms with van der Waals surface area (Å²) in [5.41, 5.74) is 4.17. The van der Waals surface area contributed by atoms with Crippen molar-refractivity contribution >= 4 is 38.9 Å². The van der Waals surface area contributed by atoms with Crippen LogP contribution < -0.4 is 5.32 Å². The topological polar surface area (TPSA) is 58.9 Å². The van der Waals surface area contributed by atoms with Gasteiger partial charge in [-0.15, -0.1) is 0 Å². The van der Waals surface area contributed by atoms with Gasteiger partial charge in [-0.05, 0) is 60.2 Å². The molecule has 0 aliphatic carbocycles. The van der Waals surface area contributed by atoms with E-state index in [1.165, 1.54) is 4.70 Å². The second-order valence-corrected chi connectivity index (χ2v) is 9.28. The monoisotopic (exact) mass is 468 g/mol. The zero-order valence-corrected chi connectivity index (χ0v) is 19.2. The lowest BCUT2D eigenvalue weighted by atomic mass is 10.0. The normalized spacial score (nSPS) is 18.1. The summed E-state index contributed by atoms with van der Waals surface area (Å²) in [5.74, 6) is 0. The van der Waals surface area contributed by atoms with E-state index < -0.39 is 0 Å². The van der Waals surface area contributed by atoms with Gasteiger partial charge in [-0.25, -0.2) is 4.98 Å². The number of thiazole rings is 1. The molecule has 1 N–H and O–H groups in total. The van der Waals surface area contributed by atoms with Gasteiger partial charge in [-0.1, -0.05) is 35.6 Å². The van der Waals surface area contributed by atoms with E-state index in [2.05, 4.69) is 61.3 Å². The lowest BCUT2D eigenvalue weighted by molar-refractivity contribution is 0.302. The van der Waals surface area contributed by atoms with Gasteiger partial charge in [0.1, 0.15) is 0 Å². The van der Waals surface area contributed by atoms with Crippen molar-refractivity contribution in [1.29, 1.82) is 0 Å². The molecule has 1 aromatic carbocycles. The number of rotatable bonds is 5. The highest BCUT2D eigenvalue weighted by Gasteiger charge is 2.41. The van der Waals surface area contributed by atoms with Crippen LogP contribution in [-0.4, -0.2) is 29.5 Å². The molecule has 1 saturated heterocycles. The van der Waals surface area contributed by atoms with Crippen molar-refractivity contribution in [3.05, 3.63) is 108 Å². The minimum atomic E-state index is -0.0848. The van der Waals surface area contributed by atoms with Gasteiger partial charge in [0.15, 0.2) is 10.2 Å². The number of nitrogens with zero attached hydrogens (tertiary/aromatic N) is 5. The number of pyridine rings is 2. The number of fused-ring (bicyclic) bond motifs is 1. The van der Waals surface area contributed by atoms with Gasteiger partial charge < -0.3 is 10.2 Å². The summed E-state index contributed by atoms with van der Waals surface area (Å²) in [7, 11) is 0. The van der Waals surface area contributed by atoms with Gasteiger partial charge in [0.2, 0.25) is 0 Å². The largest absolute Gasteiger partial charge is 0.352 e. The van der Waals surface area contributed by atoms with Crippen LogP contribution in [0.2, 0.25) is 0 Å². The molecule has 0 unspecified atom stereocenters. The van der Waals surface area contributed by atoms with E-state index in [9.17, 15) is 0 Å². The molecule has 0 amide bonds. The number of nitrogens with one attached hydrogen (secondary N) is 1. The average molecular weight is 469 g/mol. The van der Waals surface area contributed by atoms with Crippen LogP contribution in [0.4, 0.5) is 0 Å². The second kappa shape index (κ2) is 8.38.